The number of nitrogens with zero attached hydrogens (tertiary/aromatic N) is 5. The largest absolute Gasteiger partial charge is 0.478 e. The average molecular weight is 524 g/mol. The molecule has 3 aliphatic heterocycles. The Kier molecular flexibility index (Phi) is 6.60. The van der Waals surface area contributed by atoms with E-state index in [1.165, 1.54) is 15.4 Å². The Morgan fingerprint density at radius 2 is 1.92 bits per heavy atom. The first-order valence-electron chi connectivity index (χ1n) is 13.1. The maximum Gasteiger partial charge on any atom is 0.278 e. The third-order valence-electron chi connectivity index (χ3n) is 7.82. The molecule has 196 valence electrons. The number of aromatic amines is 1. The molecule has 7 rings (SSSR count). The van der Waals surface area contributed by atoms with Crippen molar-refractivity contribution < 1.29 is 13.2 Å². The smallest absolute Gasteiger partial charge is 0.278 e. The molecule has 0 unspecified atom stereocenters. The molecular formula is C26H33N7O3S. The van der Waals surface area contributed by atoms with Crippen LogP contribution in [0.4, 0.5) is 11.6 Å². The molecule has 2 aromatic heterocycles. The van der Waals surface area contributed by atoms with Crippen LogP contribution < -0.4 is 10.1 Å². The molecule has 0 atom stereocenters. The van der Waals surface area contributed by atoms with Gasteiger partial charge in [-0.25, -0.2) is 18.5 Å². The lowest BCUT2D eigenvalue weighted by Gasteiger charge is -2.35. The van der Waals surface area contributed by atoms with Crippen molar-refractivity contribution in [2.75, 3.05) is 38.6 Å². The topological polar surface area (TPSA) is 116 Å². The molecule has 0 amide bonds. The van der Waals surface area contributed by atoms with Gasteiger partial charge in [-0.2, -0.15) is 9.29 Å². The lowest BCUT2D eigenvalue weighted by atomic mass is 9.98. The fraction of sp³-hybridized carbons (Fsp3) is 0.500. The van der Waals surface area contributed by atoms with Gasteiger partial charge in [0.25, 0.3) is 15.2 Å². The van der Waals surface area contributed by atoms with Crippen LogP contribution in [0.2, 0.25) is 0 Å². The summed E-state index contributed by atoms with van der Waals surface area (Å²) in [6, 6.07) is 8.57. The highest BCUT2D eigenvalue weighted by Crippen LogP contribution is 2.39. The van der Waals surface area contributed by atoms with E-state index in [-0.39, 0.29) is 11.1 Å². The highest BCUT2D eigenvalue weighted by Gasteiger charge is 2.33. The molecule has 0 spiro atoms. The molecular weight excluding hydrogens is 490 g/mol. The van der Waals surface area contributed by atoms with Gasteiger partial charge < -0.3 is 15.0 Å². The molecule has 2 N–H and O–H groups in total. The van der Waals surface area contributed by atoms with Gasteiger partial charge in [0.15, 0.2) is 0 Å². The van der Waals surface area contributed by atoms with Crippen molar-refractivity contribution in [3.63, 3.8) is 0 Å². The zero-order chi connectivity index (χ0) is 25.4. The molecule has 4 aliphatic rings. The Labute approximate surface area is 217 Å². The number of rotatable bonds is 0. The van der Waals surface area contributed by atoms with E-state index in [2.05, 4.69) is 49.6 Å². The molecule has 37 heavy (non-hydrogen) atoms. The summed E-state index contributed by atoms with van der Waals surface area (Å²) < 4.78 is 34.3. The predicted molar refractivity (Wildman–Crippen MR) is 141 cm³/mol. The van der Waals surface area contributed by atoms with E-state index in [1.807, 2.05) is 12.1 Å². The molecule has 1 saturated heterocycles. The number of hydrogen-bond donors (Lipinski definition) is 2. The SMILES string of the molecule is CN1CCCCOc2cc(ccn2)-c2ccc3c(c2Nc2n[nH]c(n2)S(=O)(=O)N2CCC1CC2)CCC3. The number of aryl methyl sites for hydroxylation is 1. The third kappa shape index (κ3) is 4.83. The molecule has 5 heterocycles. The maximum atomic E-state index is 13.4. The summed E-state index contributed by atoms with van der Waals surface area (Å²) in [5, 5.41) is 10.2. The van der Waals surface area contributed by atoms with Crippen molar-refractivity contribution in [2.24, 2.45) is 0 Å². The Morgan fingerprint density at radius 1 is 1.05 bits per heavy atom. The quantitative estimate of drug-likeness (QED) is 0.461. The molecule has 1 aromatic carbocycles. The second-order valence-electron chi connectivity index (χ2n) is 10.1. The first-order valence-corrected chi connectivity index (χ1v) is 14.6. The summed E-state index contributed by atoms with van der Waals surface area (Å²) in [6.45, 7) is 2.50. The van der Waals surface area contributed by atoms with Gasteiger partial charge in [0, 0.05) is 37.0 Å². The predicted octanol–water partition coefficient (Wildman–Crippen LogP) is 3.36. The number of aromatic nitrogens is 4. The molecule has 1 fully saturated rings. The number of sulfonamides is 1. The van der Waals surface area contributed by atoms with Crippen LogP contribution in [0.25, 0.3) is 11.1 Å². The van der Waals surface area contributed by atoms with E-state index < -0.39 is 10.0 Å². The third-order valence-corrected chi connectivity index (χ3v) is 9.53. The van der Waals surface area contributed by atoms with E-state index >= 15 is 0 Å². The summed E-state index contributed by atoms with van der Waals surface area (Å²) in [5.74, 6) is 0.847. The number of ether oxygens (including phenoxy) is 1. The van der Waals surface area contributed by atoms with Crippen molar-refractivity contribution in [3.8, 4) is 17.0 Å². The zero-order valence-corrected chi connectivity index (χ0v) is 21.9. The second-order valence-corrected chi connectivity index (χ2v) is 12.0. The summed E-state index contributed by atoms with van der Waals surface area (Å²) in [5.41, 5.74) is 5.39. The van der Waals surface area contributed by atoms with Crippen LogP contribution in [-0.4, -0.2) is 77.1 Å². The second kappa shape index (κ2) is 10.0. The van der Waals surface area contributed by atoms with Crippen molar-refractivity contribution in [3.05, 3.63) is 41.6 Å². The summed E-state index contributed by atoms with van der Waals surface area (Å²) in [4.78, 5) is 11.2. The molecule has 1 aliphatic carbocycles. The van der Waals surface area contributed by atoms with E-state index in [1.54, 1.807) is 6.20 Å². The Balaban J connectivity index is 1.38. The molecule has 0 radical (unpaired) electrons. The Bertz CT molecular complexity index is 1380. The number of nitrogens with one attached hydrogen (secondary N) is 2. The van der Waals surface area contributed by atoms with Crippen LogP contribution in [0.15, 0.2) is 35.6 Å². The molecule has 0 saturated carbocycles. The van der Waals surface area contributed by atoms with Crippen LogP contribution in [0.1, 0.15) is 43.2 Å². The fourth-order valence-corrected chi connectivity index (χ4v) is 7.00. The van der Waals surface area contributed by atoms with E-state index in [9.17, 15) is 8.42 Å². The Morgan fingerprint density at radius 3 is 2.78 bits per heavy atom. The van der Waals surface area contributed by atoms with Crippen LogP contribution >= 0.6 is 0 Å². The Hall–Kier alpha value is -3.02. The van der Waals surface area contributed by atoms with Gasteiger partial charge in [-0.15, -0.1) is 5.10 Å². The van der Waals surface area contributed by atoms with Crippen molar-refractivity contribution in [1.82, 2.24) is 29.4 Å². The van der Waals surface area contributed by atoms with Crippen molar-refractivity contribution >= 4 is 21.7 Å². The standard InChI is InChI=1S/C26H33N7O3S/c1-32-13-2-3-16-36-23-17-19(9-12-27-23)22-8-7-18-5-4-6-21(18)24(22)28-25-29-26(31-30-25)37(34,35)33-14-10-20(32)11-15-33/h7-9,12,17,20H,2-6,10-11,13-16H2,1H3,(H2,28,29,30,31). The molecule has 3 aromatic rings. The lowest BCUT2D eigenvalue weighted by molar-refractivity contribution is 0.163. The van der Waals surface area contributed by atoms with E-state index in [0.717, 1.165) is 68.3 Å². The van der Waals surface area contributed by atoms with Gasteiger partial charge in [0.05, 0.1) is 12.3 Å². The zero-order valence-electron chi connectivity index (χ0n) is 21.1. The van der Waals surface area contributed by atoms with Gasteiger partial charge >= 0.3 is 0 Å². The summed E-state index contributed by atoms with van der Waals surface area (Å²) in [6.07, 6.45) is 8.34. The van der Waals surface area contributed by atoms with Crippen molar-refractivity contribution in [2.45, 2.75) is 56.1 Å². The van der Waals surface area contributed by atoms with Crippen LogP contribution in [0.3, 0.4) is 0 Å². The van der Waals surface area contributed by atoms with Gasteiger partial charge in [-0.3, -0.25) is 0 Å². The number of fused-ring (bicyclic) bond motifs is 8. The first kappa shape index (κ1) is 24.3. The monoisotopic (exact) mass is 523 g/mol. The minimum Gasteiger partial charge on any atom is -0.478 e. The normalized spacial score (nSPS) is 23.9. The average Bonchev–Trinajstić information content (AvgIpc) is 3.59. The minimum absolute atomic E-state index is 0.120. The van der Waals surface area contributed by atoms with Crippen LogP contribution in [0.5, 0.6) is 5.88 Å². The maximum absolute atomic E-state index is 13.4. The first-order chi connectivity index (χ1) is 18.0. The number of benzene rings is 1. The van der Waals surface area contributed by atoms with Gasteiger partial charge in [0.1, 0.15) is 0 Å². The van der Waals surface area contributed by atoms with Gasteiger partial charge in [-0.1, -0.05) is 12.1 Å². The van der Waals surface area contributed by atoms with Crippen molar-refractivity contribution in [1.29, 1.82) is 0 Å². The van der Waals surface area contributed by atoms with E-state index in [0.29, 0.717) is 31.6 Å². The lowest BCUT2D eigenvalue weighted by Crippen LogP contribution is -2.45. The highest BCUT2D eigenvalue weighted by atomic mass is 32.2. The number of H-pyrrole nitrogens is 1. The number of pyridine rings is 1. The molecule has 11 heteroatoms. The highest BCUT2D eigenvalue weighted by molar-refractivity contribution is 7.88. The molecule has 10 nitrogen and oxygen atoms in total. The van der Waals surface area contributed by atoms with Crippen LogP contribution in [-0.2, 0) is 22.9 Å². The van der Waals surface area contributed by atoms with E-state index in [4.69, 9.17) is 4.74 Å². The van der Waals surface area contributed by atoms with Gasteiger partial charge in [-0.05, 0) is 81.3 Å². The summed E-state index contributed by atoms with van der Waals surface area (Å²) in [7, 11) is -1.63. The summed E-state index contributed by atoms with van der Waals surface area (Å²) >= 11 is 0. The number of anilines is 2. The van der Waals surface area contributed by atoms with Crippen LogP contribution in [0, 0.1) is 0 Å². The number of hydrogen-bond acceptors (Lipinski definition) is 8. The minimum atomic E-state index is -3.75. The number of piperidine rings is 1. The fourth-order valence-electron chi connectivity index (χ4n) is 5.70. The molecule has 6 bridgehead atoms. The van der Waals surface area contributed by atoms with Gasteiger partial charge in [0.2, 0.25) is 11.8 Å².